The summed E-state index contributed by atoms with van der Waals surface area (Å²) in [6.45, 7) is 0. The molecule has 2 aromatic carbocycles. The van der Waals surface area contributed by atoms with Crippen LogP contribution in [0.4, 0.5) is 0 Å². The summed E-state index contributed by atoms with van der Waals surface area (Å²) in [5.74, 6) is 0. The number of fused-ring (bicyclic) bond motifs is 2. The first-order valence-corrected chi connectivity index (χ1v) is 11.6. The van der Waals surface area contributed by atoms with Gasteiger partial charge in [-0.15, -0.1) is 9.79 Å². The summed E-state index contributed by atoms with van der Waals surface area (Å²) < 4.78 is 65.6. The van der Waals surface area contributed by atoms with Gasteiger partial charge >= 0.3 is 23.9 Å². The summed E-state index contributed by atoms with van der Waals surface area (Å²) in [7, 11) is -8.96. The van der Waals surface area contributed by atoms with E-state index in [4.69, 9.17) is 25.3 Å². The van der Waals surface area contributed by atoms with Gasteiger partial charge in [-0.05, 0) is 24.3 Å². The molecule has 0 atom stereocenters. The number of nitrogens with zero attached hydrogens (tertiary/aromatic N) is 2. The average molecular weight is 676 g/mol. The number of aromatic nitrogens is 2. The minimum absolute atomic E-state index is 0. The van der Waals surface area contributed by atoms with Gasteiger partial charge in [0.15, 0.2) is 0 Å². The smallest absolute Gasteiger partial charge is 0.778 e. The van der Waals surface area contributed by atoms with Gasteiger partial charge in [-0.3, -0.25) is 9.97 Å². The van der Waals surface area contributed by atoms with E-state index in [9.17, 15) is 25.9 Å². The van der Waals surface area contributed by atoms with Crippen molar-refractivity contribution in [3.8, 4) is 0 Å². The monoisotopic (exact) mass is 675 g/mol. The molecule has 0 N–H and O–H groups in total. The Labute approximate surface area is 206 Å². The van der Waals surface area contributed by atoms with E-state index in [0.717, 1.165) is 0 Å². The molecule has 2 aromatic heterocycles. The molecule has 0 saturated heterocycles. The van der Waals surface area contributed by atoms with Crippen LogP contribution in [0.25, 0.3) is 21.8 Å². The van der Waals surface area contributed by atoms with E-state index in [1.165, 1.54) is 48.8 Å². The van der Waals surface area contributed by atoms with E-state index in [2.05, 4.69) is 9.97 Å². The standard InChI is InChI=1S/2C9H7NO3S2.Pt/c2*11-15(12,13)8-4-3-7(14)9-6(8)2-1-5-10-9;/h2*1-5,14H,(H,11,12,13);/q;;+2/p-2. The van der Waals surface area contributed by atoms with E-state index >= 15 is 0 Å². The van der Waals surface area contributed by atoms with Gasteiger partial charge in [-0.1, -0.05) is 24.3 Å². The second kappa shape index (κ2) is 9.78. The molecule has 0 unspecified atom stereocenters. The molecule has 0 saturated carbocycles. The number of benzene rings is 2. The van der Waals surface area contributed by atoms with Crippen molar-refractivity contribution >= 4 is 67.3 Å². The molecule has 8 nitrogen and oxygen atoms in total. The summed E-state index contributed by atoms with van der Waals surface area (Å²) in [5, 5.41) is 0.556. The quantitative estimate of drug-likeness (QED) is 0.230. The largest absolute Gasteiger partial charge is 2.00 e. The van der Waals surface area contributed by atoms with Crippen LogP contribution in [-0.4, -0.2) is 35.9 Å². The number of hydrogen-bond acceptors (Lipinski definition) is 10. The fraction of sp³-hybridized carbons (Fsp3) is 0. The molecule has 0 fully saturated rings. The molecule has 13 heteroatoms. The van der Waals surface area contributed by atoms with E-state index in [-0.39, 0.29) is 44.5 Å². The topological polar surface area (TPSA) is 140 Å². The van der Waals surface area contributed by atoms with Crippen molar-refractivity contribution in [3.05, 3.63) is 60.9 Å². The maximum absolute atomic E-state index is 10.9. The fourth-order valence-corrected chi connectivity index (χ4v) is 4.48. The predicted molar refractivity (Wildman–Crippen MR) is 113 cm³/mol. The second-order valence-corrected chi connectivity index (χ2v) is 9.41. The molecule has 0 bridgehead atoms. The Kier molecular flexibility index (Phi) is 8.04. The Hall–Kier alpha value is -1.79. The zero-order valence-corrected chi connectivity index (χ0v) is 20.6. The van der Waals surface area contributed by atoms with Gasteiger partial charge < -0.3 is 34.4 Å². The Morgan fingerprint density at radius 3 is 1.35 bits per heavy atom. The maximum Gasteiger partial charge on any atom is 2.00 e. The van der Waals surface area contributed by atoms with Crippen molar-refractivity contribution in [3.63, 3.8) is 0 Å². The SMILES string of the molecule is O=S(=O)([O-])c1ccc([S-])c2ncccc12.O=S(=O)([O-])c1ccc([S-])c2ncccc12.[H+].[H+].[Pt+2]. The van der Waals surface area contributed by atoms with Crippen LogP contribution in [0.3, 0.4) is 0 Å². The molecule has 164 valence electrons. The van der Waals surface area contributed by atoms with Crippen LogP contribution >= 0.6 is 0 Å². The van der Waals surface area contributed by atoms with E-state index in [1.807, 2.05) is 0 Å². The summed E-state index contributed by atoms with van der Waals surface area (Å²) >= 11 is 9.95. The summed E-state index contributed by atoms with van der Waals surface area (Å²) in [5.41, 5.74) is 0.730. The van der Waals surface area contributed by atoms with E-state index in [1.54, 1.807) is 12.1 Å². The molecule has 0 aliphatic heterocycles. The Morgan fingerprint density at radius 1 is 0.677 bits per heavy atom. The molecule has 0 aliphatic carbocycles. The van der Waals surface area contributed by atoms with Gasteiger partial charge in [0.05, 0.1) is 20.8 Å². The van der Waals surface area contributed by atoms with Crippen LogP contribution in [0.1, 0.15) is 2.85 Å². The molecular formula is C18H12N2O6PtS4. The van der Waals surface area contributed by atoms with Crippen LogP contribution < -0.4 is 0 Å². The predicted octanol–water partition coefficient (Wildman–Crippen LogP) is 2.31. The number of rotatable bonds is 2. The first kappa shape index (κ1) is 25.5. The Balaban J connectivity index is 0.000000569. The van der Waals surface area contributed by atoms with Crippen molar-refractivity contribution in [2.75, 3.05) is 0 Å². The van der Waals surface area contributed by atoms with Gasteiger partial charge in [0.1, 0.15) is 20.2 Å². The van der Waals surface area contributed by atoms with Crippen LogP contribution in [0.15, 0.2) is 80.5 Å². The van der Waals surface area contributed by atoms with E-state index in [0.29, 0.717) is 20.8 Å². The summed E-state index contributed by atoms with van der Waals surface area (Å²) in [6.07, 6.45) is 3.00. The van der Waals surface area contributed by atoms with Crippen molar-refractivity contribution in [2.24, 2.45) is 0 Å². The minimum Gasteiger partial charge on any atom is -0.778 e. The van der Waals surface area contributed by atoms with Crippen molar-refractivity contribution in [1.29, 1.82) is 0 Å². The third-order valence-corrected chi connectivity index (χ3v) is 6.37. The average Bonchev–Trinajstić information content (AvgIpc) is 2.67. The minimum atomic E-state index is -4.48. The van der Waals surface area contributed by atoms with Gasteiger partial charge in [0, 0.05) is 23.2 Å². The van der Waals surface area contributed by atoms with Crippen molar-refractivity contribution in [2.45, 2.75) is 19.6 Å². The maximum atomic E-state index is 10.9. The molecule has 0 spiro atoms. The van der Waals surface area contributed by atoms with Gasteiger partial charge in [0.2, 0.25) is 0 Å². The van der Waals surface area contributed by atoms with Crippen LogP contribution in [0.2, 0.25) is 0 Å². The summed E-state index contributed by atoms with van der Waals surface area (Å²) in [4.78, 5) is 8.20. The van der Waals surface area contributed by atoms with Gasteiger partial charge in [-0.25, -0.2) is 16.8 Å². The van der Waals surface area contributed by atoms with Crippen molar-refractivity contribution < 1.29 is 49.9 Å². The zero-order chi connectivity index (χ0) is 22.1. The third kappa shape index (κ3) is 5.72. The molecule has 4 aromatic rings. The molecule has 31 heavy (non-hydrogen) atoms. The van der Waals surface area contributed by atoms with Crippen LogP contribution in [0, 0.1) is 0 Å². The number of pyridine rings is 2. The molecule has 0 aliphatic rings. The zero-order valence-electron chi connectivity index (χ0n) is 17.1. The number of hydrogen-bond donors (Lipinski definition) is 0. The normalized spacial score (nSPS) is 11.4. The van der Waals surface area contributed by atoms with Crippen LogP contribution in [-0.2, 0) is 66.6 Å². The Morgan fingerprint density at radius 2 is 1.03 bits per heavy atom. The fourth-order valence-electron chi connectivity index (χ4n) is 2.68. The van der Waals surface area contributed by atoms with Crippen molar-refractivity contribution in [1.82, 2.24) is 9.97 Å². The first-order valence-electron chi connectivity index (χ1n) is 8.01. The molecule has 4 rings (SSSR count). The molecule has 0 amide bonds. The van der Waals surface area contributed by atoms with Gasteiger partial charge in [-0.2, -0.15) is 0 Å². The molecule has 2 heterocycles. The molecule has 0 radical (unpaired) electrons. The Bertz CT molecular complexity index is 1380. The summed E-state index contributed by atoms with van der Waals surface area (Å²) in [6, 6.07) is 11.4. The van der Waals surface area contributed by atoms with Gasteiger partial charge in [0.25, 0.3) is 0 Å². The van der Waals surface area contributed by atoms with E-state index < -0.39 is 20.2 Å². The second-order valence-electron chi connectivity index (χ2n) is 5.83. The third-order valence-electron chi connectivity index (χ3n) is 3.92. The first-order chi connectivity index (χ1) is 14.0. The molecular weight excluding hydrogens is 664 g/mol. The van der Waals surface area contributed by atoms with Crippen LogP contribution in [0.5, 0.6) is 0 Å².